The molecule has 1 aliphatic rings. The Morgan fingerprint density at radius 2 is 2.11 bits per heavy atom. The van der Waals surface area contributed by atoms with Gasteiger partial charge in [-0.2, -0.15) is 0 Å². The minimum atomic E-state index is -0.191. The molecule has 3 rings (SSSR count). The van der Waals surface area contributed by atoms with Gasteiger partial charge in [0.2, 0.25) is 0 Å². The van der Waals surface area contributed by atoms with Gasteiger partial charge in [0.15, 0.2) is 0 Å². The van der Waals surface area contributed by atoms with Crippen molar-refractivity contribution in [3.8, 4) is 0 Å². The summed E-state index contributed by atoms with van der Waals surface area (Å²) in [5.74, 6) is -0.191. The normalized spacial score (nSPS) is 14.4. The van der Waals surface area contributed by atoms with Crippen LogP contribution in [0.15, 0.2) is 18.2 Å². The number of aromatic nitrogens is 1. The van der Waals surface area contributed by atoms with Crippen LogP contribution in [-0.4, -0.2) is 17.1 Å². The van der Waals surface area contributed by atoms with Crippen LogP contribution >= 0.6 is 0 Å². The largest absolute Gasteiger partial charge is 0.461 e. The molecule has 3 heteroatoms. The fourth-order valence-electron chi connectivity index (χ4n) is 3.18. The number of nitrogens with zero attached hydrogens (tertiary/aromatic N) is 1. The van der Waals surface area contributed by atoms with Gasteiger partial charge >= 0.3 is 5.97 Å². The first kappa shape index (κ1) is 12.3. The SMILES string of the molecule is CCOC(=O)c1c2c3c(cccc3n1C)CCCC2. The Morgan fingerprint density at radius 3 is 2.89 bits per heavy atom. The number of hydrogen-bond donors (Lipinski definition) is 0. The first-order chi connectivity index (χ1) is 9.24. The van der Waals surface area contributed by atoms with Gasteiger partial charge in [0.1, 0.15) is 5.69 Å². The second kappa shape index (κ2) is 4.72. The fourth-order valence-corrected chi connectivity index (χ4v) is 3.18. The summed E-state index contributed by atoms with van der Waals surface area (Å²) in [6.45, 7) is 2.27. The number of esters is 1. The van der Waals surface area contributed by atoms with E-state index < -0.39 is 0 Å². The maximum absolute atomic E-state index is 12.2. The van der Waals surface area contributed by atoms with E-state index in [0.717, 1.165) is 30.5 Å². The monoisotopic (exact) mass is 257 g/mol. The quantitative estimate of drug-likeness (QED) is 0.773. The van der Waals surface area contributed by atoms with Crippen molar-refractivity contribution in [1.82, 2.24) is 4.57 Å². The van der Waals surface area contributed by atoms with Crippen LogP contribution in [0.4, 0.5) is 0 Å². The van der Waals surface area contributed by atoms with Crippen molar-refractivity contribution in [2.75, 3.05) is 6.61 Å². The van der Waals surface area contributed by atoms with Gasteiger partial charge in [-0.05, 0) is 49.8 Å². The summed E-state index contributed by atoms with van der Waals surface area (Å²) in [7, 11) is 1.96. The number of aryl methyl sites for hydroxylation is 3. The van der Waals surface area contributed by atoms with Crippen molar-refractivity contribution in [3.05, 3.63) is 35.0 Å². The Kier molecular flexibility index (Phi) is 3.05. The maximum Gasteiger partial charge on any atom is 0.355 e. The van der Waals surface area contributed by atoms with Crippen LogP contribution in [0.1, 0.15) is 41.4 Å². The third kappa shape index (κ3) is 1.84. The van der Waals surface area contributed by atoms with Gasteiger partial charge in [0, 0.05) is 18.0 Å². The van der Waals surface area contributed by atoms with Crippen LogP contribution in [0.5, 0.6) is 0 Å². The average Bonchev–Trinajstić information content (AvgIpc) is 2.57. The third-order valence-corrected chi connectivity index (χ3v) is 4.00. The first-order valence-corrected chi connectivity index (χ1v) is 7.00. The second-order valence-electron chi connectivity index (χ2n) is 5.13. The van der Waals surface area contributed by atoms with Gasteiger partial charge in [-0.1, -0.05) is 12.1 Å². The van der Waals surface area contributed by atoms with Crippen LogP contribution in [0.2, 0.25) is 0 Å². The summed E-state index contributed by atoms with van der Waals surface area (Å²) in [4.78, 5) is 12.2. The standard InChI is InChI=1S/C16H19NO2/c1-3-19-16(18)15-12-9-5-4-7-11-8-6-10-13(14(11)12)17(15)2/h6,8,10H,3-5,7,9H2,1-2H3. The van der Waals surface area contributed by atoms with E-state index in [1.165, 1.54) is 22.9 Å². The number of carbonyl (C=O) groups excluding carboxylic acids is 1. The zero-order valence-electron chi connectivity index (χ0n) is 11.5. The molecule has 0 amide bonds. The first-order valence-electron chi connectivity index (χ1n) is 7.00. The zero-order chi connectivity index (χ0) is 13.4. The van der Waals surface area contributed by atoms with E-state index in [9.17, 15) is 4.79 Å². The van der Waals surface area contributed by atoms with Gasteiger partial charge in [0.05, 0.1) is 6.61 Å². The number of hydrogen-bond acceptors (Lipinski definition) is 2. The molecule has 1 aromatic heterocycles. The summed E-state index contributed by atoms with van der Waals surface area (Å²) in [5.41, 5.74) is 4.45. The number of carbonyl (C=O) groups is 1. The molecule has 3 nitrogen and oxygen atoms in total. The molecular formula is C16H19NO2. The fraction of sp³-hybridized carbons (Fsp3) is 0.438. The molecule has 19 heavy (non-hydrogen) atoms. The lowest BCUT2D eigenvalue weighted by molar-refractivity contribution is 0.0514. The second-order valence-corrected chi connectivity index (χ2v) is 5.13. The molecule has 0 fully saturated rings. The molecule has 1 heterocycles. The van der Waals surface area contributed by atoms with E-state index in [1.54, 1.807) is 0 Å². The smallest absolute Gasteiger partial charge is 0.355 e. The van der Waals surface area contributed by atoms with Gasteiger partial charge in [-0.15, -0.1) is 0 Å². The Morgan fingerprint density at radius 1 is 1.32 bits per heavy atom. The Hall–Kier alpha value is -1.77. The highest BCUT2D eigenvalue weighted by molar-refractivity contribution is 6.00. The van der Waals surface area contributed by atoms with Crippen LogP contribution in [0, 0.1) is 0 Å². The van der Waals surface area contributed by atoms with Crippen molar-refractivity contribution in [3.63, 3.8) is 0 Å². The Labute approximate surface area is 113 Å². The van der Waals surface area contributed by atoms with Crippen molar-refractivity contribution in [1.29, 1.82) is 0 Å². The lowest BCUT2D eigenvalue weighted by atomic mass is 10.0. The third-order valence-electron chi connectivity index (χ3n) is 4.00. The molecule has 0 unspecified atom stereocenters. The molecule has 0 radical (unpaired) electrons. The average molecular weight is 257 g/mol. The highest BCUT2D eigenvalue weighted by Crippen LogP contribution is 2.33. The summed E-state index contributed by atoms with van der Waals surface area (Å²) >= 11 is 0. The van der Waals surface area contributed by atoms with Gasteiger partial charge in [-0.25, -0.2) is 4.79 Å². The van der Waals surface area contributed by atoms with Crippen LogP contribution in [-0.2, 0) is 24.6 Å². The minimum absolute atomic E-state index is 0.191. The van der Waals surface area contributed by atoms with E-state index in [2.05, 4.69) is 18.2 Å². The molecule has 1 aromatic carbocycles. The predicted octanol–water partition coefficient (Wildman–Crippen LogP) is 3.23. The van der Waals surface area contributed by atoms with Gasteiger partial charge in [0.25, 0.3) is 0 Å². The molecule has 2 aromatic rings. The summed E-state index contributed by atoms with van der Waals surface area (Å²) in [6, 6.07) is 6.37. The molecule has 1 aliphatic carbocycles. The predicted molar refractivity (Wildman–Crippen MR) is 75.5 cm³/mol. The van der Waals surface area contributed by atoms with Gasteiger partial charge in [-0.3, -0.25) is 0 Å². The van der Waals surface area contributed by atoms with Crippen molar-refractivity contribution in [2.45, 2.75) is 32.6 Å². The van der Waals surface area contributed by atoms with Crippen LogP contribution in [0.25, 0.3) is 10.9 Å². The van der Waals surface area contributed by atoms with Crippen molar-refractivity contribution >= 4 is 16.9 Å². The molecule has 100 valence electrons. The Bertz CT molecular complexity index is 640. The van der Waals surface area contributed by atoms with Gasteiger partial charge < -0.3 is 9.30 Å². The highest BCUT2D eigenvalue weighted by atomic mass is 16.5. The van der Waals surface area contributed by atoms with E-state index in [1.807, 2.05) is 18.5 Å². The lowest BCUT2D eigenvalue weighted by Crippen LogP contribution is -2.12. The molecule has 0 spiro atoms. The van der Waals surface area contributed by atoms with Crippen LogP contribution in [0.3, 0.4) is 0 Å². The summed E-state index contributed by atoms with van der Waals surface area (Å²) < 4.78 is 7.22. The van der Waals surface area contributed by atoms with E-state index in [0.29, 0.717) is 6.61 Å². The number of rotatable bonds is 2. The van der Waals surface area contributed by atoms with E-state index in [-0.39, 0.29) is 5.97 Å². The maximum atomic E-state index is 12.2. The Balaban J connectivity index is 2.29. The molecule has 0 aliphatic heterocycles. The lowest BCUT2D eigenvalue weighted by Gasteiger charge is -2.06. The molecule has 0 bridgehead atoms. The summed E-state index contributed by atoms with van der Waals surface area (Å²) in [6.07, 6.45) is 4.42. The van der Waals surface area contributed by atoms with E-state index >= 15 is 0 Å². The van der Waals surface area contributed by atoms with Crippen LogP contribution < -0.4 is 0 Å². The van der Waals surface area contributed by atoms with Crippen molar-refractivity contribution in [2.24, 2.45) is 7.05 Å². The minimum Gasteiger partial charge on any atom is -0.461 e. The molecule has 0 saturated carbocycles. The van der Waals surface area contributed by atoms with Crippen molar-refractivity contribution < 1.29 is 9.53 Å². The van der Waals surface area contributed by atoms with E-state index in [4.69, 9.17) is 4.74 Å². The zero-order valence-corrected chi connectivity index (χ0v) is 11.5. The number of ether oxygens (including phenoxy) is 1. The molecule has 0 saturated heterocycles. The number of benzene rings is 1. The highest BCUT2D eigenvalue weighted by Gasteiger charge is 2.24. The molecule has 0 atom stereocenters. The molecular weight excluding hydrogens is 238 g/mol. The summed E-state index contributed by atoms with van der Waals surface area (Å²) in [5, 5.41) is 1.28. The molecule has 0 N–H and O–H groups in total. The topological polar surface area (TPSA) is 31.2 Å².